The minimum atomic E-state index is -0.683. The Morgan fingerprint density at radius 3 is 2.60 bits per heavy atom. The normalized spacial score (nSPS) is 20.1. The highest BCUT2D eigenvalue weighted by atomic mass is 32.2. The average Bonchev–Trinajstić information content (AvgIpc) is 2.30. The molecule has 1 aromatic rings. The Kier molecular flexibility index (Phi) is 3.34. The first kappa shape index (κ1) is 11.0. The minimum absolute atomic E-state index is 0.652. The van der Waals surface area contributed by atoms with Gasteiger partial charge in [0.25, 0.3) is 0 Å². The Morgan fingerprint density at radius 2 is 1.93 bits per heavy atom. The van der Waals surface area contributed by atoms with Crippen LogP contribution in [0.1, 0.15) is 18.4 Å². The highest BCUT2D eigenvalue weighted by Gasteiger charge is 2.33. The molecule has 2 rings (SSSR count). The lowest BCUT2D eigenvalue weighted by Gasteiger charge is -2.33. The van der Waals surface area contributed by atoms with E-state index >= 15 is 0 Å². The quantitative estimate of drug-likeness (QED) is 0.782. The van der Waals surface area contributed by atoms with Gasteiger partial charge in [-0.25, -0.2) is 0 Å². The molecule has 82 valence electrons. The van der Waals surface area contributed by atoms with Gasteiger partial charge in [-0.05, 0) is 17.9 Å². The van der Waals surface area contributed by atoms with Crippen molar-refractivity contribution in [3.8, 4) is 0 Å². The van der Waals surface area contributed by atoms with Crippen LogP contribution in [0.2, 0.25) is 0 Å². The summed E-state index contributed by atoms with van der Waals surface area (Å²) >= 11 is 1.69. The van der Waals surface area contributed by atoms with Crippen LogP contribution in [0.25, 0.3) is 0 Å². The van der Waals surface area contributed by atoms with Crippen LogP contribution in [0.4, 0.5) is 0 Å². The highest BCUT2D eigenvalue weighted by Crippen LogP contribution is 2.36. The van der Waals surface area contributed by atoms with Crippen molar-refractivity contribution < 1.29 is 9.84 Å². The van der Waals surface area contributed by atoms with Crippen molar-refractivity contribution in [3.05, 3.63) is 29.8 Å². The van der Waals surface area contributed by atoms with Crippen molar-refractivity contribution in [2.24, 2.45) is 0 Å². The van der Waals surface area contributed by atoms with Crippen molar-refractivity contribution in [2.45, 2.75) is 23.3 Å². The SMILES string of the molecule is CSc1ccccc1C1(O)CCOCC1. The van der Waals surface area contributed by atoms with Crippen LogP contribution >= 0.6 is 11.8 Å². The number of rotatable bonds is 2. The van der Waals surface area contributed by atoms with E-state index in [1.165, 1.54) is 4.90 Å². The summed E-state index contributed by atoms with van der Waals surface area (Å²) in [6.07, 6.45) is 3.44. The van der Waals surface area contributed by atoms with E-state index in [0.29, 0.717) is 26.1 Å². The lowest BCUT2D eigenvalue weighted by atomic mass is 9.86. The summed E-state index contributed by atoms with van der Waals surface area (Å²) in [4.78, 5) is 1.17. The summed E-state index contributed by atoms with van der Waals surface area (Å²) in [7, 11) is 0. The molecule has 0 saturated carbocycles. The Labute approximate surface area is 94.6 Å². The zero-order valence-electron chi connectivity index (χ0n) is 8.90. The fourth-order valence-electron chi connectivity index (χ4n) is 2.01. The maximum atomic E-state index is 10.6. The first-order chi connectivity index (χ1) is 7.26. The Bertz CT molecular complexity index is 332. The molecule has 0 bridgehead atoms. The summed E-state index contributed by atoms with van der Waals surface area (Å²) in [6.45, 7) is 1.30. The zero-order valence-corrected chi connectivity index (χ0v) is 9.72. The largest absolute Gasteiger partial charge is 0.385 e. The van der Waals surface area contributed by atoms with E-state index in [4.69, 9.17) is 4.74 Å². The van der Waals surface area contributed by atoms with Gasteiger partial charge in [0.1, 0.15) is 0 Å². The predicted octanol–water partition coefficient (Wildman–Crippen LogP) is 2.41. The molecule has 1 aliphatic rings. The molecule has 1 fully saturated rings. The molecule has 0 spiro atoms. The van der Waals surface area contributed by atoms with E-state index in [2.05, 4.69) is 6.07 Å². The second kappa shape index (κ2) is 4.56. The van der Waals surface area contributed by atoms with Crippen molar-refractivity contribution in [1.82, 2.24) is 0 Å². The third kappa shape index (κ3) is 2.19. The number of hydrogen-bond donors (Lipinski definition) is 1. The topological polar surface area (TPSA) is 29.5 Å². The molecule has 0 aromatic heterocycles. The Balaban J connectivity index is 2.34. The number of hydrogen-bond acceptors (Lipinski definition) is 3. The lowest BCUT2D eigenvalue weighted by Crippen LogP contribution is -2.33. The van der Waals surface area contributed by atoms with Crippen LogP contribution in [0.5, 0.6) is 0 Å². The second-order valence-electron chi connectivity index (χ2n) is 3.84. The summed E-state index contributed by atoms with van der Waals surface area (Å²) in [5.74, 6) is 0. The van der Waals surface area contributed by atoms with E-state index in [1.807, 2.05) is 24.5 Å². The molecule has 0 amide bonds. The average molecular weight is 224 g/mol. The van der Waals surface area contributed by atoms with E-state index in [1.54, 1.807) is 11.8 Å². The molecule has 0 radical (unpaired) electrons. The first-order valence-electron chi connectivity index (χ1n) is 5.20. The summed E-state index contributed by atoms with van der Waals surface area (Å²) in [5.41, 5.74) is 0.374. The smallest absolute Gasteiger partial charge is 0.0951 e. The van der Waals surface area contributed by atoms with Gasteiger partial charge in [0.2, 0.25) is 0 Å². The molecule has 1 saturated heterocycles. The van der Waals surface area contributed by atoms with E-state index in [-0.39, 0.29) is 0 Å². The molecule has 1 aliphatic heterocycles. The van der Waals surface area contributed by atoms with Crippen LogP contribution in [0.3, 0.4) is 0 Å². The van der Waals surface area contributed by atoms with Gasteiger partial charge in [-0.15, -0.1) is 11.8 Å². The number of ether oxygens (including phenoxy) is 1. The third-order valence-electron chi connectivity index (χ3n) is 2.93. The fourth-order valence-corrected chi connectivity index (χ4v) is 2.70. The van der Waals surface area contributed by atoms with Gasteiger partial charge in [-0.2, -0.15) is 0 Å². The monoisotopic (exact) mass is 224 g/mol. The van der Waals surface area contributed by atoms with Gasteiger partial charge in [0, 0.05) is 31.0 Å². The minimum Gasteiger partial charge on any atom is -0.385 e. The standard InChI is InChI=1S/C12H16O2S/c1-15-11-5-3-2-4-10(11)12(13)6-8-14-9-7-12/h2-5,13H,6-9H2,1H3. The van der Waals surface area contributed by atoms with Crippen molar-refractivity contribution in [1.29, 1.82) is 0 Å². The zero-order chi connectivity index (χ0) is 10.7. The fraction of sp³-hybridized carbons (Fsp3) is 0.500. The second-order valence-corrected chi connectivity index (χ2v) is 4.69. The summed E-state index contributed by atoms with van der Waals surface area (Å²) < 4.78 is 5.29. The Morgan fingerprint density at radius 1 is 1.27 bits per heavy atom. The van der Waals surface area contributed by atoms with Crippen LogP contribution < -0.4 is 0 Å². The van der Waals surface area contributed by atoms with Gasteiger partial charge in [0.15, 0.2) is 0 Å². The van der Waals surface area contributed by atoms with Gasteiger partial charge >= 0.3 is 0 Å². The summed E-state index contributed by atoms with van der Waals surface area (Å²) in [6, 6.07) is 8.09. The maximum absolute atomic E-state index is 10.6. The molecule has 1 aromatic carbocycles. The van der Waals surface area contributed by atoms with Crippen LogP contribution in [-0.2, 0) is 10.3 Å². The van der Waals surface area contributed by atoms with Gasteiger partial charge in [-0.1, -0.05) is 18.2 Å². The van der Waals surface area contributed by atoms with Crippen molar-refractivity contribution >= 4 is 11.8 Å². The third-order valence-corrected chi connectivity index (χ3v) is 3.72. The molecule has 1 N–H and O–H groups in total. The molecule has 0 aliphatic carbocycles. The number of aliphatic hydroxyl groups is 1. The van der Waals surface area contributed by atoms with Crippen molar-refractivity contribution in [2.75, 3.05) is 19.5 Å². The van der Waals surface area contributed by atoms with Gasteiger partial charge in [-0.3, -0.25) is 0 Å². The van der Waals surface area contributed by atoms with E-state index in [9.17, 15) is 5.11 Å². The van der Waals surface area contributed by atoms with Crippen molar-refractivity contribution in [3.63, 3.8) is 0 Å². The van der Waals surface area contributed by atoms with Gasteiger partial charge < -0.3 is 9.84 Å². The molecular weight excluding hydrogens is 208 g/mol. The first-order valence-corrected chi connectivity index (χ1v) is 6.42. The maximum Gasteiger partial charge on any atom is 0.0951 e. The molecule has 1 heterocycles. The van der Waals surface area contributed by atoms with E-state index < -0.39 is 5.60 Å². The molecule has 0 unspecified atom stereocenters. The van der Waals surface area contributed by atoms with E-state index in [0.717, 1.165) is 5.56 Å². The number of thioether (sulfide) groups is 1. The molecule has 3 heteroatoms. The lowest BCUT2D eigenvalue weighted by molar-refractivity contribution is -0.0694. The number of benzene rings is 1. The van der Waals surface area contributed by atoms with Crippen LogP contribution in [0, 0.1) is 0 Å². The van der Waals surface area contributed by atoms with Gasteiger partial charge in [0.05, 0.1) is 5.60 Å². The molecule has 0 atom stereocenters. The highest BCUT2D eigenvalue weighted by molar-refractivity contribution is 7.98. The molecule has 15 heavy (non-hydrogen) atoms. The summed E-state index contributed by atoms with van der Waals surface area (Å²) in [5, 5.41) is 10.6. The predicted molar refractivity (Wildman–Crippen MR) is 62.2 cm³/mol. The van der Waals surface area contributed by atoms with Crippen LogP contribution in [0.15, 0.2) is 29.2 Å². The molecule has 2 nitrogen and oxygen atoms in total. The van der Waals surface area contributed by atoms with Crippen LogP contribution in [-0.4, -0.2) is 24.6 Å². The Hall–Kier alpha value is -0.510. The molecular formula is C12H16O2S.